The molecule has 2 aromatic rings. The maximum atomic E-state index is 11.6. The van der Waals surface area contributed by atoms with Crippen molar-refractivity contribution in [2.45, 2.75) is 26.0 Å². The molecule has 0 unspecified atom stereocenters. The lowest BCUT2D eigenvalue weighted by Crippen LogP contribution is -2.34. The van der Waals surface area contributed by atoms with E-state index >= 15 is 0 Å². The highest BCUT2D eigenvalue weighted by atomic mass is 16.5. The van der Waals surface area contributed by atoms with E-state index in [1.54, 1.807) is 18.7 Å². The number of imidazole rings is 2. The van der Waals surface area contributed by atoms with Gasteiger partial charge in [-0.1, -0.05) is 0 Å². The van der Waals surface area contributed by atoms with E-state index in [9.17, 15) is 4.79 Å². The summed E-state index contributed by atoms with van der Waals surface area (Å²) < 4.78 is 5.06. The van der Waals surface area contributed by atoms with Crippen LogP contribution >= 0.6 is 0 Å². The molecule has 2 aromatic heterocycles. The van der Waals surface area contributed by atoms with E-state index in [-0.39, 0.29) is 6.61 Å². The van der Waals surface area contributed by atoms with Crippen molar-refractivity contribution in [1.29, 1.82) is 0 Å². The fourth-order valence-electron chi connectivity index (χ4n) is 1.50. The van der Waals surface area contributed by atoms with Crippen molar-refractivity contribution < 1.29 is 9.53 Å². The van der Waals surface area contributed by atoms with Crippen LogP contribution in [0.15, 0.2) is 18.7 Å². The molecule has 2 rings (SSSR count). The number of esters is 1. The SMILES string of the molecule is Cc1cnc(COC(=O)[C@@H](N)Cc2cnc[nH]2)[nH]1. The summed E-state index contributed by atoms with van der Waals surface area (Å²) in [6, 6.07) is -0.707. The number of carbonyl (C=O) groups excluding carboxylic acids is 1. The fourth-order valence-corrected chi connectivity index (χ4v) is 1.50. The molecule has 0 spiro atoms. The Morgan fingerprint density at radius 3 is 3.00 bits per heavy atom. The number of carbonyl (C=O) groups is 1. The minimum Gasteiger partial charge on any atom is -0.456 e. The van der Waals surface area contributed by atoms with Crippen molar-refractivity contribution in [2.75, 3.05) is 0 Å². The average Bonchev–Trinajstić information content (AvgIpc) is 2.97. The first kappa shape index (κ1) is 12.3. The van der Waals surface area contributed by atoms with Crippen molar-refractivity contribution >= 4 is 5.97 Å². The van der Waals surface area contributed by atoms with E-state index in [1.807, 2.05) is 6.92 Å². The zero-order valence-corrected chi connectivity index (χ0v) is 10.0. The third-order valence-corrected chi connectivity index (χ3v) is 2.40. The number of aromatic nitrogens is 4. The minimum atomic E-state index is -0.707. The predicted octanol–water partition coefficient (Wildman–Crippen LogP) is 0.0544. The summed E-state index contributed by atoms with van der Waals surface area (Å²) >= 11 is 0. The number of H-pyrrole nitrogens is 2. The lowest BCUT2D eigenvalue weighted by atomic mass is 10.2. The lowest BCUT2D eigenvalue weighted by molar-refractivity contribution is -0.146. The molecular formula is C11H15N5O2. The molecule has 2 heterocycles. The summed E-state index contributed by atoms with van der Waals surface area (Å²) in [4.78, 5) is 25.4. The van der Waals surface area contributed by atoms with Crippen LogP contribution in [-0.4, -0.2) is 31.9 Å². The van der Waals surface area contributed by atoms with E-state index < -0.39 is 12.0 Å². The summed E-state index contributed by atoms with van der Waals surface area (Å²) in [5, 5.41) is 0. The van der Waals surface area contributed by atoms with Crippen molar-refractivity contribution in [3.05, 3.63) is 35.9 Å². The molecule has 96 valence electrons. The van der Waals surface area contributed by atoms with Crippen LogP contribution in [0.2, 0.25) is 0 Å². The molecule has 0 aliphatic rings. The molecule has 4 N–H and O–H groups in total. The summed E-state index contributed by atoms with van der Waals surface area (Å²) in [6.45, 7) is 1.98. The van der Waals surface area contributed by atoms with Crippen LogP contribution in [0, 0.1) is 6.92 Å². The zero-order valence-electron chi connectivity index (χ0n) is 10.0. The van der Waals surface area contributed by atoms with E-state index in [1.165, 1.54) is 0 Å². The number of nitrogens with two attached hydrogens (primary N) is 1. The highest BCUT2D eigenvalue weighted by Crippen LogP contribution is 2.01. The van der Waals surface area contributed by atoms with Gasteiger partial charge in [-0.05, 0) is 6.92 Å². The van der Waals surface area contributed by atoms with Crippen LogP contribution in [0.25, 0.3) is 0 Å². The summed E-state index contributed by atoms with van der Waals surface area (Å²) in [5.41, 5.74) is 7.44. The summed E-state index contributed by atoms with van der Waals surface area (Å²) in [7, 11) is 0. The number of aromatic amines is 2. The van der Waals surface area contributed by atoms with Crippen LogP contribution in [0.4, 0.5) is 0 Å². The maximum absolute atomic E-state index is 11.6. The van der Waals surface area contributed by atoms with Gasteiger partial charge in [0.15, 0.2) is 0 Å². The molecule has 0 amide bonds. The molecule has 0 saturated carbocycles. The van der Waals surface area contributed by atoms with Crippen molar-refractivity contribution in [1.82, 2.24) is 19.9 Å². The Balaban J connectivity index is 1.80. The average molecular weight is 249 g/mol. The van der Waals surface area contributed by atoms with Gasteiger partial charge in [0.2, 0.25) is 0 Å². The molecule has 0 bridgehead atoms. The molecule has 0 aliphatic heterocycles. The lowest BCUT2D eigenvalue weighted by Gasteiger charge is -2.09. The number of ether oxygens (including phenoxy) is 1. The number of hydrogen-bond acceptors (Lipinski definition) is 5. The Bertz CT molecular complexity index is 505. The summed E-state index contributed by atoms with van der Waals surface area (Å²) in [6.07, 6.45) is 5.21. The van der Waals surface area contributed by atoms with Gasteiger partial charge in [-0.2, -0.15) is 0 Å². The number of nitrogens with zero attached hydrogens (tertiary/aromatic N) is 2. The largest absolute Gasteiger partial charge is 0.456 e. The topological polar surface area (TPSA) is 110 Å². The standard InChI is InChI=1S/C11H15N5O2/c1-7-3-14-10(16-7)5-18-11(17)9(12)2-8-4-13-6-15-8/h3-4,6,9H,2,5,12H2,1H3,(H,13,15)(H,14,16)/t9-/m0/s1. The highest BCUT2D eigenvalue weighted by Gasteiger charge is 2.16. The van der Waals surface area contributed by atoms with Crippen LogP contribution in [0.1, 0.15) is 17.2 Å². The Labute approximate surface area is 104 Å². The Hall–Kier alpha value is -2.15. The number of nitrogens with one attached hydrogen (secondary N) is 2. The van der Waals surface area contributed by atoms with Crippen LogP contribution in [0.5, 0.6) is 0 Å². The van der Waals surface area contributed by atoms with Gasteiger partial charge < -0.3 is 20.4 Å². The maximum Gasteiger partial charge on any atom is 0.323 e. The van der Waals surface area contributed by atoms with Crippen LogP contribution < -0.4 is 5.73 Å². The van der Waals surface area contributed by atoms with Gasteiger partial charge in [0, 0.05) is 30.2 Å². The van der Waals surface area contributed by atoms with Gasteiger partial charge in [0.05, 0.1) is 6.33 Å². The quantitative estimate of drug-likeness (QED) is 0.649. The Morgan fingerprint density at radius 2 is 2.39 bits per heavy atom. The normalized spacial score (nSPS) is 12.3. The molecule has 0 aliphatic carbocycles. The second-order valence-electron chi connectivity index (χ2n) is 4.01. The van der Waals surface area contributed by atoms with Crippen LogP contribution in [0.3, 0.4) is 0 Å². The molecule has 7 nitrogen and oxygen atoms in total. The van der Waals surface area contributed by atoms with Gasteiger partial charge in [-0.15, -0.1) is 0 Å². The van der Waals surface area contributed by atoms with E-state index in [0.29, 0.717) is 12.2 Å². The molecule has 0 saturated heterocycles. The smallest absolute Gasteiger partial charge is 0.323 e. The molecule has 1 atom stereocenters. The number of aryl methyl sites for hydroxylation is 1. The Morgan fingerprint density at radius 1 is 1.56 bits per heavy atom. The fraction of sp³-hybridized carbons (Fsp3) is 0.364. The van der Waals surface area contributed by atoms with Crippen molar-refractivity contribution in [3.63, 3.8) is 0 Å². The van der Waals surface area contributed by atoms with Gasteiger partial charge in [-0.25, -0.2) is 9.97 Å². The third kappa shape index (κ3) is 3.17. The van der Waals surface area contributed by atoms with Gasteiger partial charge >= 0.3 is 5.97 Å². The second-order valence-corrected chi connectivity index (χ2v) is 4.01. The third-order valence-electron chi connectivity index (χ3n) is 2.40. The minimum absolute atomic E-state index is 0.101. The van der Waals surface area contributed by atoms with E-state index in [4.69, 9.17) is 10.5 Å². The molecule has 7 heteroatoms. The highest BCUT2D eigenvalue weighted by molar-refractivity contribution is 5.75. The van der Waals surface area contributed by atoms with E-state index in [2.05, 4.69) is 19.9 Å². The number of rotatable bonds is 5. The molecule has 0 aromatic carbocycles. The predicted molar refractivity (Wildman–Crippen MR) is 63.4 cm³/mol. The first-order valence-corrected chi connectivity index (χ1v) is 5.55. The second kappa shape index (κ2) is 5.46. The number of hydrogen-bond donors (Lipinski definition) is 3. The first-order chi connectivity index (χ1) is 8.65. The van der Waals surface area contributed by atoms with Crippen molar-refractivity contribution in [3.8, 4) is 0 Å². The van der Waals surface area contributed by atoms with Gasteiger partial charge in [0.25, 0.3) is 0 Å². The van der Waals surface area contributed by atoms with Crippen LogP contribution in [-0.2, 0) is 22.6 Å². The van der Waals surface area contributed by atoms with E-state index in [0.717, 1.165) is 11.4 Å². The molecular weight excluding hydrogens is 234 g/mol. The monoisotopic (exact) mass is 249 g/mol. The Kier molecular flexibility index (Phi) is 3.73. The summed E-state index contributed by atoms with van der Waals surface area (Å²) in [5.74, 6) is 0.147. The van der Waals surface area contributed by atoms with Gasteiger partial charge in [-0.3, -0.25) is 4.79 Å². The molecule has 18 heavy (non-hydrogen) atoms. The zero-order chi connectivity index (χ0) is 13.0. The molecule has 0 radical (unpaired) electrons. The first-order valence-electron chi connectivity index (χ1n) is 5.55. The van der Waals surface area contributed by atoms with Crippen molar-refractivity contribution in [2.24, 2.45) is 5.73 Å². The van der Waals surface area contributed by atoms with Gasteiger partial charge in [0.1, 0.15) is 18.5 Å². The molecule has 0 fully saturated rings.